The van der Waals surface area contributed by atoms with Gasteiger partial charge in [0.05, 0.1) is 58.2 Å². The summed E-state index contributed by atoms with van der Waals surface area (Å²) in [5, 5.41) is 9.77. The van der Waals surface area contributed by atoms with Crippen LogP contribution in [0.3, 0.4) is 0 Å². The Balaban J connectivity index is 0.994. The lowest BCUT2D eigenvalue weighted by Crippen LogP contribution is -2.74. The van der Waals surface area contributed by atoms with Crippen molar-refractivity contribution < 1.29 is 13.7 Å². The Morgan fingerprint density at radius 3 is 1.17 bits per heavy atom. The third kappa shape index (κ3) is 7.35. The molecule has 3 heterocycles. The molecule has 3 nitrogen and oxygen atoms in total. The van der Waals surface area contributed by atoms with Crippen LogP contribution >= 0.6 is 0 Å². The summed E-state index contributed by atoms with van der Waals surface area (Å²) in [5.74, 6) is 0. The van der Waals surface area contributed by atoms with Crippen LogP contribution in [0.25, 0.3) is 116 Å². The molecular weight excluding hydrogens is 1010 g/mol. The van der Waals surface area contributed by atoms with Crippen LogP contribution in [0, 0.1) is 0 Å². The van der Waals surface area contributed by atoms with E-state index < -0.39 is 68.5 Å². The zero-order valence-corrected chi connectivity index (χ0v) is 45.2. The monoisotopic (exact) mass is 1070 g/mol. The van der Waals surface area contributed by atoms with Crippen molar-refractivity contribution in [2.45, 2.75) is 0 Å². The molecule has 4 heteroatoms. The molecule has 16 aromatic rings. The summed E-state index contributed by atoms with van der Waals surface area (Å²) in [6.07, 6.45) is 0. The second-order valence-electron chi connectivity index (χ2n) is 20.8. The van der Waals surface area contributed by atoms with Gasteiger partial charge in [0.25, 0.3) is 0 Å². The number of fused-ring (bicyclic) bond motifs is 9. The first kappa shape index (κ1) is 38.1. The molecular formula is C78H53N3Si. The van der Waals surface area contributed by atoms with Crippen molar-refractivity contribution in [1.29, 1.82) is 0 Å². The first-order chi connectivity index (χ1) is 44.9. The number of para-hydroxylation sites is 5. The molecule has 0 bridgehead atoms. The highest BCUT2D eigenvalue weighted by Crippen LogP contribution is 2.44. The molecule has 0 aliphatic carbocycles. The highest BCUT2D eigenvalue weighted by Gasteiger charge is 2.42. The average Bonchev–Trinajstić information content (AvgIpc) is 1.16. The van der Waals surface area contributed by atoms with Crippen molar-refractivity contribution in [3.8, 4) is 50.4 Å². The first-order valence-electron chi connectivity index (χ1n) is 32.5. The van der Waals surface area contributed by atoms with Crippen molar-refractivity contribution >= 4 is 94.2 Å². The van der Waals surface area contributed by atoms with Crippen molar-refractivity contribution in [3.63, 3.8) is 0 Å². The summed E-state index contributed by atoms with van der Waals surface area (Å²) < 4.78 is 101. The standard InChI is InChI=1S/C78H53N3Si/c1-6-26-54(27-7-1)67-52-61(82(58-30-10-3-11-31-58,59-32-12-4-13-33-59)60-34-14-5-15-35-60)53-68(55-28-8-2-9-29-55)78(67)81-75-45-25-20-39-65(75)69-50-56(46-48-77(69)81)62-36-16-21-41-71(62)80-74-44-24-19-40-66(74)70-51-57(47-49-76(70)80)79-72-42-22-17-37-63(72)64-38-18-23-43-73(64)79/h1-53H/i1D,2D,6D,7D,8D,9D,26D,27D,28D,29D. The topological polar surface area (TPSA) is 14.8 Å². The van der Waals surface area contributed by atoms with Gasteiger partial charge in [-0.1, -0.05) is 261 Å². The summed E-state index contributed by atoms with van der Waals surface area (Å²) in [7, 11) is -3.65. The van der Waals surface area contributed by atoms with E-state index in [-0.39, 0.29) is 27.9 Å². The summed E-state index contributed by atoms with van der Waals surface area (Å²) in [6.45, 7) is 0. The van der Waals surface area contributed by atoms with Crippen molar-refractivity contribution in [2.75, 3.05) is 0 Å². The molecule has 0 amide bonds. The van der Waals surface area contributed by atoms with E-state index >= 15 is 0 Å². The third-order valence-corrected chi connectivity index (χ3v) is 21.3. The lowest BCUT2D eigenvalue weighted by Gasteiger charge is -2.36. The van der Waals surface area contributed by atoms with Crippen LogP contribution in [0.15, 0.2) is 321 Å². The van der Waals surface area contributed by atoms with Crippen LogP contribution < -0.4 is 20.7 Å². The maximum absolute atomic E-state index is 9.87. The van der Waals surface area contributed by atoms with Gasteiger partial charge in [0.2, 0.25) is 0 Å². The smallest absolute Gasteiger partial charge is 0.179 e. The van der Waals surface area contributed by atoms with E-state index in [4.69, 9.17) is 2.74 Å². The van der Waals surface area contributed by atoms with E-state index in [0.29, 0.717) is 16.2 Å². The minimum Gasteiger partial charge on any atom is -0.309 e. The average molecular weight is 1070 g/mol. The molecule has 0 aliphatic heterocycles. The molecule has 0 N–H and O–H groups in total. The highest BCUT2D eigenvalue weighted by atomic mass is 28.3. The zero-order valence-electron chi connectivity index (χ0n) is 54.2. The molecule has 0 saturated heterocycles. The van der Waals surface area contributed by atoms with Gasteiger partial charge >= 0.3 is 0 Å². The zero-order chi connectivity index (χ0) is 62.8. The van der Waals surface area contributed by atoms with Crippen molar-refractivity contribution in [3.05, 3.63) is 321 Å². The van der Waals surface area contributed by atoms with Crippen molar-refractivity contribution in [1.82, 2.24) is 13.7 Å². The van der Waals surface area contributed by atoms with Gasteiger partial charge in [0, 0.05) is 54.7 Å². The lowest BCUT2D eigenvalue weighted by atomic mass is 9.95. The fraction of sp³-hybridized carbons (Fsp3) is 0. The lowest BCUT2D eigenvalue weighted by molar-refractivity contribution is 1.17. The van der Waals surface area contributed by atoms with Gasteiger partial charge in [0.15, 0.2) is 8.07 Å². The predicted molar refractivity (Wildman–Crippen MR) is 349 cm³/mol. The Hall–Kier alpha value is -10.5. The Morgan fingerprint density at radius 2 is 0.646 bits per heavy atom. The second-order valence-corrected chi connectivity index (χ2v) is 24.6. The number of aromatic nitrogens is 3. The molecule has 0 unspecified atom stereocenters. The van der Waals surface area contributed by atoms with E-state index in [0.717, 1.165) is 81.7 Å². The Labute approximate surface area is 491 Å². The summed E-state index contributed by atoms with van der Waals surface area (Å²) in [5.41, 5.74) is 10.0. The Morgan fingerprint density at radius 1 is 0.256 bits per heavy atom. The van der Waals surface area contributed by atoms with Gasteiger partial charge in [-0.2, -0.15) is 0 Å². The Bertz CT molecular complexity index is 5420. The van der Waals surface area contributed by atoms with Crippen LogP contribution in [0.4, 0.5) is 0 Å². The number of nitrogens with zero attached hydrogens (tertiary/aromatic N) is 3. The minimum atomic E-state index is -3.65. The predicted octanol–water partition coefficient (Wildman–Crippen LogP) is 17.4. The van der Waals surface area contributed by atoms with Crippen LogP contribution in [0.5, 0.6) is 0 Å². The van der Waals surface area contributed by atoms with E-state index in [1.165, 1.54) is 10.8 Å². The van der Waals surface area contributed by atoms with Crippen LogP contribution in [-0.2, 0) is 0 Å². The molecule has 0 aliphatic rings. The summed E-state index contributed by atoms with van der Waals surface area (Å²) in [4.78, 5) is 0. The SMILES string of the molecule is [2H]c1c([2H])c([2H])c(-c2cc([Si](c3ccccc3)(c3ccccc3)c3ccccc3)cc(-c3c([2H])c([2H])c([2H])c([2H])c3[2H])c2-n2c3ccccc3c3cc(-c4ccccc4-n4c5ccccc5c5cc(-n6c7ccccc7c7ccccc76)ccc54)ccc32)c([2H])c1[2H]. The van der Waals surface area contributed by atoms with Crippen LogP contribution in [0.2, 0.25) is 0 Å². The normalized spacial score (nSPS) is 13.6. The molecule has 0 saturated carbocycles. The van der Waals surface area contributed by atoms with Gasteiger partial charge < -0.3 is 13.7 Å². The van der Waals surface area contributed by atoms with Gasteiger partial charge in [-0.15, -0.1) is 0 Å². The van der Waals surface area contributed by atoms with E-state index in [1.807, 2.05) is 108 Å². The number of hydrogen-bond donors (Lipinski definition) is 0. The first-order valence-corrected chi connectivity index (χ1v) is 29.5. The number of hydrogen-bond acceptors (Lipinski definition) is 0. The van der Waals surface area contributed by atoms with Crippen LogP contribution in [0.1, 0.15) is 13.7 Å². The Kier molecular flexibility index (Phi) is 9.02. The third-order valence-electron chi connectivity index (χ3n) is 16.5. The molecule has 16 rings (SSSR count). The van der Waals surface area contributed by atoms with Gasteiger partial charge in [0.1, 0.15) is 0 Å². The molecule has 0 fully saturated rings. The van der Waals surface area contributed by atoms with Gasteiger partial charge in [-0.3, -0.25) is 0 Å². The maximum Gasteiger partial charge on any atom is 0.179 e. The highest BCUT2D eigenvalue weighted by molar-refractivity contribution is 7.20. The quantitative estimate of drug-likeness (QED) is 0.0958. The van der Waals surface area contributed by atoms with E-state index in [2.05, 4.69) is 167 Å². The maximum atomic E-state index is 9.87. The molecule has 0 atom stereocenters. The van der Waals surface area contributed by atoms with Gasteiger partial charge in [-0.05, 0) is 98.1 Å². The number of benzene rings is 13. The molecule has 13 aromatic carbocycles. The minimum absolute atomic E-state index is 0.108. The molecule has 0 radical (unpaired) electrons. The van der Waals surface area contributed by atoms with Crippen LogP contribution in [-0.4, -0.2) is 21.8 Å². The van der Waals surface area contributed by atoms with Gasteiger partial charge in [-0.25, -0.2) is 0 Å². The summed E-state index contributed by atoms with van der Waals surface area (Å²) in [6, 6.07) is 83.9. The molecule has 384 valence electrons. The van der Waals surface area contributed by atoms with Crippen molar-refractivity contribution in [2.24, 2.45) is 0 Å². The van der Waals surface area contributed by atoms with E-state index in [9.17, 15) is 11.0 Å². The van der Waals surface area contributed by atoms with E-state index in [1.54, 1.807) is 0 Å². The molecule has 0 spiro atoms. The molecule has 3 aromatic heterocycles. The fourth-order valence-corrected chi connectivity index (χ4v) is 18.0. The second kappa shape index (κ2) is 19.4. The fourth-order valence-electron chi connectivity index (χ4n) is 13.2. The number of rotatable bonds is 10. The largest absolute Gasteiger partial charge is 0.309 e. The molecule has 82 heavy (non-hydrogen) atoms. The summed E-state index contributed by atoms with van der Waals surface area (Å²) >= 11 is 0.